The van der Waals surface area contributed by atoms with Crippen LogP contribution in [0.3, 0.4) is 0 Å². The molecule has 1 rings (SSSR count). The Balaban J connectivity index is 2.50. The van der Waals surface area contributed by atoms with E-state index in [4.69, 9.17) is 9.63 Å². The summed E-state index contributed by atoms with van der Waals surface area (Å²) >= 11 is 0. The van der Waals surface area contributed by atoms with E-state index in [-0.39, 0.29) is 30.3 Å². The van der Waals surface area contributed by atoms with Crippen LogP contribution in [0.4, 0.5) is 0 Å². The van der Waals surface area contributed by atoms with Gasteiger partial charge in [0, 0.05) is 24.3 Å². The Morgan fingerprint density at radius 1 is 1.32 bits per heavy atom. The first kappa shape index (κ1) is 18.1. The molecule has 7 nitrogen and oxygen atoms in total. The highest BCUT2D eigenvalue weighted by molar-refractivity contribution is 5.81. The van der Waals surface area contributed by atoms with Crippen LogP contribution in [-0.2, 0) is 21.4 Å². The molecule has 0 unspecified atom stereocenters. The number of rotatable bonds is 7. The number of carboxylic acids is 1. The van der Waals surface area contributed by atoms with E-state index in [9.17, 15) is 9.59 Å². The summed E-state index contributed by atoms with van der Waals surface area (Å²) in [6.45, 7) is 9.32. The molecule has 0 saturated carbocycles. The van der Waals surface area contributed by atoms with E-state index in [1.54, 1.807) is 13.8 Å². The third-order valence-corrected chi connectivity index (χ3v) is 3.17. The van der Waals surface area contributed by atoms with Gasteiger partial charge in [0.05, 0.1) is 0 Å². The molecule has 0 aliphatic carbocycles. The summed E-state index contributed by atoms with van der Waals surface area (Å²) in [6, 6.07) is -0.139. The maximum Gasteiger partial charge on any atom is 0.323 e. The fourth-order valence-electron chi connectivity index (χ4n) is 1.90. The second-order valence-corrected chi connectivity index (χ2v) is 6.62. The molecular weight excluding hydrogens is 286 g/mol. The molecule has 0 spiro atoms. The zero-order valence-corrected chi connectivity index (χ0v) is 13.9. The number of nitrogens with zero attached hydrogens (tertiary/aromatic N) is 3. The van der Waals surface area contributed by atoms with Gasteiger partial charge in [-0.05, 0) is 20.3 Å². The molecule has 1 aromatic rings. The summed E-state index contributed by atoms with van der Waals surface area (Å²) in [5.74, 6) is -0.0303. The number of carbonyl (C=O) groups excluding carboxylic acids is 1. The van der Waals surface area contributed by atoms with E-state index in [1.165, 1.54) is 4.90 Å². The quantitative estimate of drug-likeness (QED) is 0.827. The second kappa shape index (κ2) is 7.38. The van der Waals surface area contributed by atoms with E-state index in [0.29, 0.717) is 24.6 Å². The molecule has 7 heteroatoms. The van der Waals surface area contributed by atoms with E-state index < -0.39 is 5.97 Å². The van der Waals surface area contributed by atoms with Gasteiger partial charge in [-0.3, -0.25) is 9.59 Å². The van der Waals surface area contributed by atoms with Crippen molar-refractivity contribution in [3.05, 3.63) is 11.7 Å². The number of carbonyl (C=O) groups is 2. The second-order valence-electron chi connectivity index (χ2n) is 6.62. The van der Waals surface area contributed by atoms with Crippen molar-refractivity contribution in [2.24, 2.45) is 0 Å². The lowest BCUT2D eigenvalue weighted by Crippen LogP contribution is -2.40. The minimum Gasteiger partial charge on any atom is -0.480 e. The molecule has 1 amide bonds. The normalized spacial score (nSPS) is 11.7. The summed E-state index contributed by atoms with van der Waals surface area (Å²) in [5.41, 5.74) is -0.173. The van der Waals surface area contributed by atoms with Crippen molar-refractivity contribution in [1.29, 1.82) is 0 Å². The molecule has 0 bridgehead atoms. The van der Waals surface area contributed by atoms with E-state index >= 15 is 0 Å². The highest BCUT2D eigenvalue weighted by atomic mass is 16.5. The Morgan fingerprint density at radius 3 is 2.41 bits per heavy atom. The van der Waals surface area contributed by atoms with Crippen molar-refractivity contribution in [3.63, 3.8) is 0 Å². The number of hydrogen-bond donors (Lipinski definition) is 1. The van der Waals surface area contributed by atoms with Gasteiger partial charge in [-0.15, -0.1) is 0 Å². The lowest BCUT2D eigenvalue weighted by Gasteiger charge is -2.24. The molecule has 0 atom stereocenters. The number of carboxylic acid groups (broad SMARTS) is 1. The van der Waals surface area contributed by atoms with Crippen LogP contribution in [0.5, 0.6) is 0 Å². The first-order valence-corrected chi connectivity index (χ1v) is 7.45. The number of hydrogen-bond acceptors (Lipinski definition) is 5. The summed E-state index contributed by atoms with van der Waals surface area (Å²) in [4.78, 5) is 28.5. The summed E-state index contributed by atoms with van der Waals surface area (Å²) < 4.78 is 5.17. The van der Waals surface area contributed by atoms with Crippen molar-refractivity contribution in [3.8, 4) is 0 Å². The van der Waals surface area contributed by atoms with Gasteiger partial charge in [-0.2, -0.15) is 4.98 Å². The molecule has 1 heterocycles. The molecule has 0 fully saturated rings. The molecule has 0 saturated heterocycles. The predicted octanol–water partition coefficient (Wildman–Crippen LogP) is 2.01. The minimum atomic E-state index is -1.01. The van der Waals surface area contributed by atoms with Gasteiger partial charge >= 0.3 is 5.97 Å². The Hall–Kier alpha value is -1.92. The molecule has 0 aliphatic heterocycles. The maximum atomic E-state index is 12.1. The summed E-state index contributed by atoms with van der Waals surface area (Å²) in [7, 11) is 0. The van der Waals surface area contributed by atoms with Crippen LogP contribution >= 0.6 is 0 Å². The third-order valence-electron chi connectivity index (χ3n) is 3.17. The molecular formula is C15H25N3O4. The molecule has 1 aromatic heterocycles. The van der Waals surface area contributed by atoms with Crippen molar-refractivity contribution in [2.75, 3.05) is 6.54 Å². The van der Waals surface area contributed by atoms with Crippen LogP contribution in [0, 0.1) is 0 Å². The SMILES string of the molecule is CC(C)N(CC(=O)O)C(=O)CCCc1nc(C(C)(C)C)no1. The van der Waals surface area contributed by atoms with Crippen LogP contribution in [0.2, 0.25) is 0 Å². The van der Waals surface area contributed by atoms with Crippen molar-refractivity contribution < 1.29 is 19.2 Å². The summed E-state index contributed by atoms with van der Waals surface area (Å²) in [6.07, 6.45) is 1.32. The Labute approximate surface area is 130 Å². The first-order valence-electron chi connectivity index (χ1n) is 7.45. The lowest BCUT2D eigenvalue weighted by molar-refractivity contribution is -0.145. The molecule has 0 aliphatic rings. The van der Waals surface area contributed by atoms with Crippen molar-refractivity contribution in [1.82, 2.24) is 15.0 Å². The monoisotopic (exact) mass is 311 g/mol. The summed E-state index contributed by atoms with van der Waals surface area (Å²) in [5, 5.41) is 12.8. The topological polar surface area (TPSA) is 96.5 Å². The van der Waals surface area contributed by atoms with Gasteiger partial charge in [0.15, 0.2) is 5.82 Å². The number of aromatic nitrogens is 2. The number of aliphatic carboxylic acids is 1. The van der Waals surface area contributed by atoms with Crippen LogP contribution in [0.25, 0.3) is 0 Å². The number of amides is 1. The van der Waals surface area contributed by atoms with Gasteiger partial charge in [-0.25, -0.2) is 0 Å². The minimum absolute atomic E-state index is 0.139. The van der Waals surface area contributed by atoms with E-state index in [1.807, 2.05) is 20.8 Å². The van der Waals surface area contributed by atoms with Crippen molar-refractivity contribution in [2.45, 2.75) is 65.3 Å². The molecule has 0 radical (unpaired) electrons. The van der Waals surface area contributed by atoms with Crippen molar-refractivity contribution >= 4 is 11.9 Å². The van der Waals surface area contributed by atoms with Crippen LogP contribution in [0.15, 0.2) is 4.52 Å². The standard InChI is InChI=1S/C15H25N3O4/c1-10(2)18(9-13(20)21)12(19)8-6-7-11-16-14(17-22-11)15(3,4)5/h10H,6-9H2,1-5H3,(H,20,21). The molecule has 124 valence electrons. The Kier molecular flexibility index (Phi) is 6.08. The van der Waals surface area contributed by atoms with E-state index in [2.05, 4.69) is 10.1 Å². The third kappa shape index (κ3) is 5.46. The lowest BCUT2D eigenvalue weighted by atomic mass is 9.96. The van der Waals surface area contributed by atoms with Gasteiger partial charge in [-0.1, -0.05) is 25.9 Å². The number of aryl methyl sites for hydroxylation is 1. The average Bonchev–Trinajstić information content (AvgIpc) is 2.84. The Morgan fingerprint density at radius 2 is 1.95 bits per heavy atom. The van der Waals surface area contributed by atoms with Crippen LogP contribution in [-0.4, -0.2) is 44.6 Å². The molecule has 0 aromatic carbocycles. The zero-order valence-electron chi connectivity index (χ0n) is 13.9. The maximum absolute atomic E-state index is 12.1. The van der Waals surface area contributed by atoms with Gasteiger partial charge in [0.2, 0.25) is 11.8 Å². The van der Waals surface area contributed by atoms with Gasteiger partial charge < -0.3 is 14.5 Å². The zero-order chi connectivity index (χ0) is 16.9. The molecule has 1 N–H and O–H groups in total. The first-order chi connectivity index (χ1) is 10.1. The van der Waals surface area contributed by atoms with Gasteiger partial charge in [0.25, 0.3) is 0 Å². The van der Waals surface area contributed by atoms with Crippen LogP contribution in [0.1, 0.15) is 59.2 Å². The highest BCUT2D eigenvalue weighted by Gasteiger charge is 2.22. The average molecular weight is 311 g/mol. The van der Waals surface area contributed by atoms with Crippen LogP contribution < -0.4 is 0 Å². The fraction of sp³-hybridized carbons (Fsp3) is 0.733. The largest absolute Gasteiger partial charge is 0.480 e. The molecule has 22 heavy (non-hydrogen) atoms. The Bertz CT molecular complexity index is 517. The smallest absolute Gasteiger partial charge is 0.323 e. The van der Waals surface area contributed by atoms with Gasteiger partial charge in [0.1, 0.15) is 6.54 Å². The van der Waals surface area contributed by atoms with E-state index in [0.717, 1.165) is 0 Å². The highest BCUT2D eigenvalue weighted by Crippen LogP contribution is 2.19. The predicted molar refractivity (Wildman–Crippen MR) is 80.4 cm³/mol. The fourth-order valence-corrected chi connectivity index (χ4v) is 1.90.